The lowest BCUT2D eigenvalue weighted by Gasteiger charge is -2.19. The van der Waals surface area contributed by atoms with E-state index in [0.717, 1.165) is 12.8 Å². The number of aromatic nitrogens is 2. The highest BCUT2D eigenvalue weighted by molar-refractivity contribution is 5.99. The van der Waals surface area contributed by atoms with Crippen molar-refractivity contribution in [1.29, 1.82) is 0 Å². The second-order valence-corrected chi connectivity index (χ2v) is 4.04. The Hall–Kier alpha value is -1.45. The topological polar surface area (TPSA) is 52.0 Å². The third kappa shape index (κ3) is 1.98. The number of rotatable bonds is 2. The molecule has 0 N–H and O–H groups in total. The van der Waals surface area contributed by atoms with Crippen LogP contribution in [0.25, 0.3) is 0 Å². The molecule has 1 saturated carbocycles. The highest BCUT2D eigenvalue weighted by atomic mass is 16.1. The van der Waals surface area contributed by atoms with Crippen molar-refractivity contribution in [2.24, 2.45) is 13.0 Å². The molecule has 1 unspecified atom stereocenters. The summed E-state index contributed by atoms with van der Waals surface area (Å²) in [5.41, 5.74) is 0.606. The zero-order chi connectivity index (χ0) is 10.8. The van der Waals surface area contributed by atoms with E-state index in [4.69, 9.17) is 0 Å². The summed E-state index contributed by atoms with van der Waals surface area (Å²) in [6.07, 6.45) is 4.32. The van der Waals surface area contributed by atoms with Crippen LogP contribution >= 0.6 is 0 Å². The Balaban J connectivity index is 2.14. The maximum atomic E-state index is 12.0. The number of aryl methyl sites for hydroxylation is 1. The van der Waals surface area contributed by atoms with Crippen molar-refractivity contribution in [3.8, 4) is 0 Å². The average Bonchev–Trinajstić information content (AvgIpc) is 2.63. The van der Waals surface area contributed by atoms with Gasteiger partial charge in [-0.3, -0.25) is 14.3 Å². The van der Waals surface area contributed by atoms with E-state index in [-0.39, 0.29) is 17.5 Å². The molecule has 0 radical (unpaired) electrons. The Morgan fingerprint density at radius 1 is 1.60 bits per heavy atom. The molecule has 80 valence electrons. The number of Topliss-reactive ketones (excluding diaryl/α,β-unsaturated/α-hetero) is 2. The van der Waals surface area contributed by atoms with E-state index < -0.39 is 0 Å². The fourth-order valence-electron chi connectivity index (χ4n) is 2.07. The molecule has 1 aromatic heterocycles. The number of hydrogen-bond donors (Lipinski definition) is 0. The molecular formula is C11H14N2O2. The van der Waals surface area contributed by atoms with Crippen molar-refractivity contribution in [1.82, 2.24) is 9.78 Å². The van der Waals surface area contributed by atoms with Gasteiger partial charge in [0.05, 0.1) is 0 Å². The quantitative estimate of drug-likeness (QED) is 0.686. The van der Waals surface area contributed by atoms with Gasteiger partial charge in [-0.1, -0.05) is 0 Å². The predicted octanol–water partition coefficient (Wildman–Crippen LogP) is 1.36. The van der Waals surface area contributed by atoms with E-state index in [1.807, 2.05) is 0 Å². The molecule has 1 aliphatic rings. The van der Waals surface area contributed by atoms with E-state index in [2.05, 4.69) is 5.10 Å². The van der Waals surface area contributed by atoms with Gasteiger partial charge in [0.2, 0.25) is 0 Å². The van der Waals surface area contributed by atoms with E-state index in [0.29, 0.717) is 18.5 Å². The molecule has 0 aliphatic heterocycles. The highest BCUT2D eigenvalue weighted by Crippen LogP contribution is 2.24. The van der Waals surface area contributed by atoms with Crippen molar-refractivity contribution < 1.29 is 9.59 Å². The van der Waals surface area contributed by atoms with Gasteiger partial charge >= 0.3 is 0 Å². The first-order valence-corrected chi connectivity index (χ1v) is 5.22. The van der Waals surface area contributed by atoms with Crippen LogP contribution in [-0.2, 0) is 11.8 Å². The van der Waals surface area contributed by atoms with E-state index in [9.17, 15) is 9.59 Å². The van der Waals surface area contributed by atoms with Crippen LogP contribution in [0.2, 0.25) is 0 Å². The largest absolute Gasteiger partial charge is 0.300 e. The maximum Gasteiger partial charge on any atom is 0.184 e. The summed E-state index contributed by atoms with van der Waals surface area (Å²) in [7, 11) is 1.75. The molecule has 1 aromatic rings. The SMILES string of the molecule is Cn1nccc1C(=O)C1CCCC(=O)C1. The molecule has 2 rings (SSSR count). The van der Waals surface area contributed by atoms with Crippen LogP contribution < -0.4 is 0 Å². The molecule has 0 amide bonds. The van der Waals surface area contributed by atoms with Crippen LogP contribution in [0.15, 0.2) is 12.3 Å². The summed E-state index contributed by atoms with van der Waals surface area (Å²) >= 11 is 0. The third-order valence-electron chi connectivity index (χ3n) is 2.93. The summed E-state index contributed by atoms with van der Waals surface area (Å²) < 4.78 is 1.57. The summed E-state index contributed by atoms with van der Waals surface area (Å²) in [4.78, 5) is 23.3. The predicted molar refractivity (Wildman–Crippen MR) is 54.5 cm³/mol. The van der Waals surface area contributed by atoms with Gasteiger partial charge in [-0.05, 0) is 18.9 Å². The number of nitrogens with zero attached hydrogens (tertiary/aromatic N) is 2. The molecule has 4 heteroatoms. The monoisotopic (exact) mass is 206 g/mol. The Morgan fingerprint density at radius 3 is 3.00 bits per heavy atom. The average molecular weight is 206 g/mol. The first kappa shape index (κ1) is 10.1. The molecule has 1 aliphatic carbocycles. The number of carbonyl (C=O) groups is 2. The number of carbonyl (C=O) groups excluding carboxylic acids is 2. The standard InChI is InChI=1S/C11H14N2O2/c1-13-10(5-6-12-13)11(15)8-3-2-4-9(14)7-8/h5-6,8H,2-4,7H2,1H3. The van der Waals surface area contributed by atoms with Crippen molar-refractivity contribution in [3.05, 3.63) is 18.0 Å². The van der Waals surface area contributed by atoms with Crippen molar-refractivity contribution >= 4 is 11.6 Å². The summed E-state index contributed by atoms with van der Waals surface area (Å²) in [6, 6.07) is 1.71. The summed E-state index contributed by atoms with van der Waals surface area (Å²) in [5.74, 6) is 0.145. The van der Waals surface area contributed by atoms with Crippen LogP contribution in [0.5, 0.6) is 0 Å². The molecule has 15 heavy (non-hydrogen) atoms. The fraction of sp³-hybridized carbons (Fsp3) is 0.545. The summed E-state index contributed by atoms with van der Waals surface area (Å²) in [6.45, 7) is 0. The minimum absolute atomic E-state index is 0.0584. The lowest BCUT2D eigenvalue weighted by atomic mass is 9.84. The van der Waals surface area contributed by atoms with E-state index >= 15 is 0 Å². The zero-order valence-electron chi connectivity index (χ0n) is 8.77. The van der Waals surface area contributed by atoms with E-state index in [1.165, 1.54) is 0 Å². The molecule has 1 heterocycles. The number of ketones is 2. The molecule has 0 bridgehead atoms. The highest BCUT2D eigenvalue weighted by Gasteiger charge is 2.27. The Bertz CT molecular complexity index is 395. The van der Waals surface area contributed by atoms with Crippen LogP contribution in [0.3, 0.4) is 0 Å². The van der Waals surface area contributed by atoms with Gasteiger partial charge in [0.1, 0.15) is 11.5 Å². The van der Waals surface area contributed by atoms with E-state index in [1.54, 1.807) is 24.0 Å². The Labute approximate surface area is 88.3 Å². The second kappa shape index (κ2) is 3.96. The molecule has 1 atom stereocenters. The molecule has 0 spiro atoms. The van der Waals surface area contributed by atoms with Gasteiger partial charge in [0, 0.05) is 32.0 Å². The van der Waals surface area contributed by atoms with Crippen molar-refractivity contribution in [2.75, 3.05) is 0 Å². The Kier molecular flexibility index (Phi) is 2.66. The lowest BCUT2D eigenvalue weighted by Crippen LogP contribution is -2.24. The van der Waals surface area contributed by atoms with Gasteiger partial charge in [-0.2, -0.15) is 5.10 Å². The zero-order valence-corrected chi connectivity index (χ0v) is 8.77. The van der Waals surface area contributed by atoms with Crippen molar-refractivity contribution in [3.63, 3.8) is 0 Å². The van der Waals surface area contributed by atoms with Gasteiger partial charge in [0.25, 0.3) is 0 Å². The molecule has 4 nitrogen and oxygen atoms in total. The smallest absolute Gasteiger partial charge is 0.184 e. The normalized spacial score (nSPS) is 21.7. The fourth-order valence-corrected chi connectivity index (χ4v) is 2.07. The molecule has 0 aromatic carbocycles. The van der Waals surface area contributed by atoms with Crippen molar-refractivity contribution in [2.45, 2.75) is 25.7 Å². The maximum absolute atomic E-state index is 12.0. The van der Waals surface area contributed by atoms with Crippen LogP contribution in [0.4, 0.5) is 0 Å². The Morgan fingerprint density at radius 2 is 2.40 bits per heavy atom. The molecular weight excluding hydrogens is 192 g/mol. The molecule has 1 fully saturated rings. The van der Waals surface area contributed by atoms with Gasteiger partial charge in [-0.15, -0.1) is 0 Å². The van der Waals surface area contributed by atoms with Crippen LogP contribution in [-0.4, -0.2) is 21.3 Å². The van der Waals surface area contributed by atoms with Gasteiger partial charge < -0.3 is 0 Å². The van der Waals surface area contributed by atoms with Gasteiger partial charge in [0.15, 0.2) is 5.78 Å². The first-order chi connectivity index (χ1) is 7.18. The van der Waals surface area contributed by atoms with Crippen LogP contribution in [0, 0.1) is 5.92 Å². The lowest BCUT2D eigenvalue weighted by molar-refractivity contribution is -0.121. The van der Waals surface area contributed by atoms with Gasteiger partial charge in [-0.25, -0.2) is 0 Å². The number of hydrogen-bond acceptors (Lipinski definition) is 3. The minimum atomic E-state index is -0.123. The molecule has 0 saturated heterocycles. The second-order valence-electron chi connectivity index (χ2n) is 4.04. The third-order valence-corrected chi connectivity index (χ3v) is 2.93. The first-order valence-electron chi connectivity index (χ1n) is 5.22. The summed E-state index contributed by atoms with van der Waals surface area (Å²) in [5, 5.41) is 3.96. The minimum Gasteiger partial charge on any atom is -0.300 e. The van der Waals surface area contributed by atoms with Crippen LogP contribution in [0.1, 0.15) is 36.2 Å².